The first-order valence-corrected chi connectivity index (χ1v) is 14.6. The van der Waals surface area contributed by atoms with E-state index in [1.54, 1.807) is 0 Å². The molecule has 0 fully saturated rings. The second-order valence-corrected chi connectivity index (χ2v) is 13.2. The van der Waals surface area contributed by atoms with Gasteiger partial charge < -0.3 is 9.16 Å². The first kappa shape index (κ1) is 23.7. The number of hydrogen-bond donors (Lipinski definition) is 0. The molecule has 1 unspecified atom stereocenters. The predicted octanol–water partition coefficient (Wildman–Crippen LogP) is 5.98. The molecule has 0 aliphatic heterocycles. The van der Waals surface area contributed by atoms with Crippen LogP contribution in [0, 0.1) is 0 Å². The van der Waals surface area contributed by atoms with Crippen molar-refractivity contribution in [2.45, 2.75) is 84.3 Å². The molecular weight excluding hydrogens is 376 g/mol. The fourth-order valence-corrected chi connectivity index (χ4v) is 3.92. The third kappa shape index (κ3) is 9.65. The molecule has 0 aliphatic carbocycles. The van der Waals surface area contributed by atoms with Gasteiger partial charge in [0.25, 0.3) is 6.73 Å². The lowest BCUT2D eigenvalue weighted by Crippen LogP contribution is -2.40. The van der Waals surface area contributed by atoms with Crippen LogP contribution in [0.1, 0.15) is 51.9 Å². The molecule has 2 heterocycles. The number of ether oxygens (including phenoxy) is 1. The highest BCUT2D eigenvalue weighted by Crippen LogP contribution is 2.15. The zero-order chi connectivity index (χ0) is 21.0. The Morgan fingerprint density at radius 2 is 1.72 bits per heavy atom. The average Bonchev–Trinajstić information content (AvgIpc) is 2.72. The van der Waals surface area contributed by atoms with Crippen molar-refractivity contribution in [1.82, 2.24) is 4.98 Å². The van der Waals surface area contributed by atoms with Gasteiger partial charge in [-0.2, -0.15) is 4.57 Å². The number of nitrogens with zero attached hydrogens (tertiary/aromatic N) is 2. The van der Waals surface area contributed by atoms with Gasteiger partial charge in [0.15, 0.2) is 14.5 Å². The van der Waals surface area contributed by atoms with E-state index in [1.807, 2.05) is 36.5 Å². The van der Waals surface area contributed by atoms with E-state index >= 15 is 0 Å². The maximum atomic E-state index is 6.35. The molecule has 0 radical (unpaired) electrons. The van der Waals surface area contributed by atoms with E-state index in [-0.39, 0.29) is 6.10 Å². The molecule has 5 heteroatoms. The summed E-state index contributed by atoms with van der Waals surface area (Å²) in [6, 6.07) is 12.2. The summed E-state index contributed by atoms with van der Waals surface area (Å²) < 4.78 is 14.7. The first-order chi connectivity index (χ1) is 14.0. The summed E-state index contributed by atoms with van der Waals surface area (Å²) >= 11 is 0. The smallest absolute Gasteiger partial charge is 0.253 e. The summed E-state index contributed by atoms with van der Waals surface area (Å²) in [5.41, 5.74) is 2.03. The second kappa shape index (κ2) is 12.9. The summed E-state index contributed by atoms with van der Waals surface area (Å²) in [6.07, 6.45) is 12.9. The maximum Gasteiger partial charge on any atom is 0.253 e. The first-order valence-electron chi connectivity index (χ1n) is 11.1. The van der Waals surface area contributed by atoms with E-state index in [2.05, 4.69) is 48.4 Å². The van der Waals surface area contributed by atoms with E-state index in [9.17, 15) is 0 Å². The van der Waals surface area contributed by atoms with Gasteiger partial charge in [-0.25, -0.2) is 4.98 Å². The van der Waals surface area contributed by atoms with E-state index in [0.29, 0.717) is 13.3 Å². The normalized spacial score (nSPS) is 12.8. The van der Waals surface area contributed by atoms with Crippen molar-refractivity contribution in [2.24, 2.45) is 0 Å². The molecule has 29 heavy (non-hydrogen) atoms. The van der Waals surface area contributed by atoms with Crippen LogP contribution in [0.4, 0.5) is 0 Å². The van der Waals surface area contributed by atoms with Crippen molar-refractivity contribution in [1.29, 1.82) is 0 Å². The van der Waals surface area contributed by atoms with Gasteiger partial charge in [-0.05, 0) is 44.3 Å². The summed E-state index contributed by atoms with van der Waals surface area (Å²) in [5.74, 6) is 0. The summed E-state index contributed by atoms with van der Waals surface area (Å²) in [4.78, 5) is 4.49. The van der Waals surface area contributed by atoms with Crippen molar-refractivity contribution in [3.8, 4) is 11.4 Å². The van der Waals surface area contributed by atoms with Crippen LogP contribution in [0.15, 0.2) is 48.8 Å². The molecule has 2 aromatic rings. The molecule has 0 amide bonds. The van der Waals surface area contributed by atoms with Crippen LogP contribution in [0.5, 0.6) is 0 Å². The van der Waals surface area contributed by atoms with Crippen LogP contribution < -0.4 is 4.57 Å². The molecule has 0 N–H and O–H groups in total. The Kier molecular flexibility index (Phi) is 10.5. The Morgan fingerprint density at radius 1 is 0.966 bits per heavy atom. The lowest BCUT2D eigenvalue weighted by atomic mass is 10.1. The zero-order valence-electron chi connectivity index (χ0n) is 18.8. The highest BCUT2D eigenvalue weighted by molar-refractivity contribution is 6.69. The lowest BCUT2D eigenvalue weighted by molar-refractivity contribution is -0.725. The largest absolute Gasteiger partial charge is 0.415 e. The van der Waals surface area contributed by atoms with Crippen molar-refractivity contribution in [3.05, 3.63) is 48.8 Å². The van der Waals surface area contributed by atoms with Gasteiger partial charge in [-0.1, -0.05) is 51.5 Å². The third-order valence-electron chi connectivity index (χ3n) is 4.90. The van der Waals surface area contributed by atoms with Gasteiger partial charge >= 0.3 is 0 Å². The average molecular weight is 416 g/mol. The second-order valence-electron chi connectivity index (χ2n) is 8.67. The van der Waals surface area contributed by atoms with Gasteiger partial charge in [-0.15, -0.1) is 0 Å². The minimum atomic E-state index is -1.55. The van der Waals surface area contributed by atoms with E-state index in [0.717, 1.165) is 17.8 Å². The van der Waals surface area contributed by atoms with Crippen LogP contribution in [0.2, 0.25) is 19.6 Å². The van der Waals surface area contributed by atoms with Crippen LogP contribution >= 0.6 is 0 Å². The standard InChI is InChI=1S/C24H39N2O2Si/c1-5-6-7-8-9-10-15-22(20-28-29(2,3)4)27-21-26-19-14-12-17-24(26)23-16-11-13-18-25-23/h11-14,16-19,22H,5-10,15,20-21H2,1-4H3/q+1. The Hall–Kier alpha value is -1.56. The summed E-state index contributed by atoms with van der Waals surface area (Å²) in [5, 5.41) is 0. The number of unbranched alkanes of at least 4 members (excludes halogenated alkanes) is 5. The number of rotatable bonds is 14. The molecule has 4 nitrogen and oxygen atoms in total. The maximum absolute atomic E-state index is 6.35. The highest BCUT2D eigenvalue weighted by Gasteiger charge is 2.20. The van der Waals surface area contributed by atoms with Crippen LogP contribution in [-0.4, -0.2) is 26.0 Å². The fraction of sp³-hybridized carbons (Fsp3) is 0.583. The third-order valence-corrected chi connectivity index (χ3v) is 5.93. The van der Waals surface area contributed by atoms with E-state index in [1.165, 1.54) is 38.5 Å². The molecular formula is C24H39N2O2Si+. The van der Waals surface area contributed by atoms with Crippen molar-refractivity contribution < 1.29 is 13.7 Å². The van der Waals surface area contributed by atoms with Gasteiger partial charge in [0.2, 0.25) is 5.69 Å². The molecule has 2 rings (SSSR count). The topological polar surface area (TPSA) is 35.2 Å². The number of hydrogen-bond acceptors (Lipinski definition) is 3. The molecule has 0 spiro atoms. The molecule has 1 atom stereocenters. The summed E-state index contributed by atoms with van der Waals surface area (Å²) in [6.45, 7) is 10.2. The monoisotopic (exact) mass is 415 g/mol. The number of pyridine rings is 2. The molecule has 0 saturated carbocycles. The zero-order valence-corrected chi connectivity index (χ0v) is 19.8. The minimum Gasteiger partial charge on any atom is -0.415 e. The van der Waals surface area contributed by atoms with E-state index in [4.69, 9.17) is 9.16 Å². The fourth-order valence-electron chi connectivity index (χ4n) is 3.23. The number of aromatic nitrogens is 2. The van der Waals surface area contributed by atoms with Gasteiger partial charge in [0, 0.05) is 18.3 Å². The molecule has 0 saturated heterocycles. The van der Waals surface area contributed by atoms with Crippen molar-refractivity contribution >= 4 is 8.32 Å². The van der Waals surface area contributed by atoms with Crippen molar-refractivity contribution in [2.75, 3.05) is 6.61 Å². The highest BCUT2D eigenvalue weighted by atomic mass is 28.4. The Bertz CT molecular complexity index is 689. The van der Waals surface area contributed by atoms with Crippen molar-refractivity contribution in [3.63, 3.8) is 0 Å². The Morgan fingerprint density at radius 3 is 2.45 bits per heavy atom. The van der Waals surface area contributed by atoms with Gasteiger partial charge in [0.1, 0.15) is 5.69 Å². The van der Waals surface area contributed by atoms with Crippen LogP contribution in [0.25, 0.3) is 11.4 Å². The SMILES string of the molecule is CCCCCCCCC(CO[Si](C)(C)C)OC[n+]1ccccc1-c1ccccn1. The predicted molar refractivity (Wildman–Crippen MR) is 122 cm³/mol. The summed E-state index contributed by atoms with van der Waals surface area (Å²) in [7, 11) is -1.55. The van der Waals surface area contributed by atoms with Gasteiger partial charge in [0.05, 0.1) is 12.7 Å². The quantitative estimate of drug-likeness (QED) is 0.216. The Labute approximate surface area is 178 Å². The molecule has 0 aliphatic rings. The molecule has 0 bridgehead atoms. The molecule has 160 valence electrons. The molecule has 2 aromatic heterocycles. The molecule has 0 aromatic carbocycles. The minimum absolute atomic E-state index is 0.136. The van der Waals surface area contributed by atoms with Crippen LogP contribution in [-0.2, 0) is 15.9 Å². The van der Waals surface area contributed by atoms with Crippen LogP contribution in [0.3, 0.4) is 0 Å². The van der Waals surface area contributed by atoms with E-state index < -0.39 is 8.32 Å². The van der Waals surface area contributed by atoms with Gasteiger partial charge in [-0.3, -0.25) is 0 Å². The Balaban J connectivity index is 1.94. The lowest BCUT2D eigenvalue weighted by Gasteiger charge is -2.23.